The molecule has 23 heavy (non-hydrogen) atoms. The van der Waals surface area contributed by atoms with Gasteiger partial charge < -0.3 is 9.84 Å². The monoisotopic (exact) mass is 335 g/mol. The Kier molecular flexibility index (Phi) is 5.30. The molecule has 1 aliphatic heterocycles. The molecule has 2 aromatic rings. The first kappa shape index (κ1) is 16.4. The number of rotatable bonds is 6. The maximum atomic E-state index is 13.5. The van der Waals surface area contributed by atoms with E-state index in [0.29, 0.717) is 12.6 Å². The quantitative estimate of drug-likeness (QED) is 0.875. The Morgan fingerprint density at radius 2 is 2.22 bits per heavy atom. The molecule has 1 aromatic heterocycles. The first-order valence-electron chi connectivity index (χ1n) is 8.04. The van der Waals surface area contributed by atoms with Crippen LogP contribution in [0.4, 0.5) is 4.39 Å². The van der Waals surface area contributed by atoms with Crippen LogP contribution in [0.5, 0.6) is 5.75 Å². The smallest absolute Gasteiger partial charge is 0.165 e. The number of hydrogen-bond donors (Lipinski definition) is 1. The van der Waals surface area contributed by atoms with Gasteiger partial charge in [-0.2, -0.15) is 0 Å². The topological polar surface area (TPSA) is 32.7 Å². The molecule has 0 aliphatic carbocycles. The fourth-order valence-electron chi connectivity index (χ4n) is 3.22. The fraction of sp³-hybridized carbons (Fsp3) is 0.444. The summed E-state index contributed by atoms with van der Waals surface area (Å²) >= 11 is 1.82. The second-order valence-corrected chi connectivity index (χ2v) is 6.86. The highest BCUT2D eigenvalue weighted by Gasteiger charge is 2.28. The van der Waals surface area contributed by atoms with Crippen LogP contribution >= 0.6 is 11.3 Å². The van der Waals surface area contributed by atoms with Crippen LogP contribution < -0.4 is 4.74 Å². The molecular formula is C18H22FNO2S. The summed E-state index contributed by atoms with van der Waals surface area (Å²) in [5, 5.41) is 12.4. The Morgan fingerprint density at radius 1 is 1.39 bits per heavy atom. The lowest BCUT2D eigenvalue weighted by Crippen LogP contribution is -2.41. The molecule has 0 amide bonds. The molecule has 1 aliphatic rings. The normalized spacial score (nSPS) is 19.3. The van der Waals surface area contributed by atoms with Crippen LogP contribution in [0.15, 0.2) is 35.7 Å². The van der Waals surface area contributed by atoms with E-state index < -0.39 is 11.9 Å². The molecular weight excluding hydrogens is 313 g/mol. The van der Waals surface area contributed by atoms with Gasteiger partial charge in [0.2, 0.25) is 0 Å². The van der Waals surface area contributed by atoms with E-state index in [1.54, 1.807) is 18.2 Å². The number of hydrogen-bond acceptors (Lipinski definition) is 4. The fourth-order valence-corrected chi connectivity index (χ4v) is 4.14. The van der Waals surface area contributed by atoms with Crippen LogP contribution in [0.25, 0.3) is 0 Å². The summed E-state index contributed by atoms with van der Waals surface area (Å²) in [5.41, 5.74) is 1.39. The predicted octanol–water partition coefficient (Wildman–Crippen LogP) is 3.64. The largest absolute Gasteiger partial charge is 0.488 e. The van der Waals surface area contributed by atoms with Gasteiger partial charge in [0.1, 0.15) is 12.7 Å². The minimum atomic E-state index is -0.635. The number of para-hydroxylation sites is 1. The lowest BCUT2D eigenvalue weighted by Gasteiger charge is -2.36. The van der Waals surface area contributed by atoms with Crippen molar-refractivity contribution in [3.63, 3.8) is 0 Å². The summed E-state index contributed by atoms with van der Waals surface area (Å²) < 4.78 is 18.9. The summed E-state index contributed by atoms with van der Waals surface area (Å²) in [7, 11) is 0. The van der Waals surface area contributed by atoms with E-state index in [1.165, 1.54) is 16.5 Å². The number of ether oxygens (including phenoxy) is 1. The van der Waals surface area contributed by atoms with Crippen LogP contribution in [0.3, 0.4) is 0 Å². The van der Waals surface area contributed by atoms with E-state index >= 15 is 0 Å². The molecule has 1 aromatic carbocycles. The van der Waals surface area contributed by atoms with Gasteiger partial charge >= 0.3 is 0 Å². The van der Waals surface area contributed by atoms with Crippen molar-refractivity contribution in [3.8, 4) is 5.75 Å². The molecule has 3 nitrogen and oxygen atoms in total. The Bertz CT molecular complexity index is 645. The molecule has 2 atom stereocenters. The van der Waals surface area contributed by atoms with E-state index in [-0.39, 0.29) is 12.4 Å². The summed E-state index contributed by atoms with van der Waals surface area (Å²) in [5.74, 6) is -0.204. The SMILES string of the molecule is CCC1c2ccsc2CCN1CC(O)COc1ccccc1F. The summed E-state index contributed by atoms with van der Waals surface area (Å²) in [4.78, 5) is 3.77. The van der Waals surface area contributed by atoms with E-state index in [0.717, 1.165) is 19.4 Å². The van der Waals surface area contributed by atoms with Crippen LogP contribution in [0, 0.1) is 5.82 Å². The van der Waals surface area contributed by atoms with Gasteiger partial charge in [0.05, 0.1) is 0 Å². The molecule has 0 saturated carbocycles. The van der Waals surface area contributed by atoms with Crippen molar-refractivity contribution in [2.24, 2.45) is 0 Å². The number of aliphatic hydroxyl groups excluding tert-OH is 1. The molecule has 5 heteroatoms. The molecule has 1 N–H and O–H groups in total. The number of benzene rings is 1. The number of aliphatic hydroxyl groups is 1. The van der Waals surface area contributed by atoms with Gasteiger partial charge in [0.15, 0.2) is 11.6 Å². The number of nitrogens with zero attached hydrogens (tertiary/aromatic N) is 1. The summed E-state index contributed by atoms with van der Waals surface area (Å²) in [6.45, 7) is 3.77. The van der Waals surface area contributed by atoms with Gasteiger partial charge in [0.25, 0.3) is 0 Å². The number of β-amino-alcohol motifs (C(OH)–C–C–N with tert-alkyl or cyclic N) is 1. The van der Waals surface area contributed by atoms with Crippen molar-refractivity contribution >= 4 is 11.3 Å². The first-order valence-corrected chi connectivity index (χ1v) is 8.92. The van der Waals surface area contributed by atoms with Gasteiger partial charge in [-0.15, -0.1) is 11.3 Å². The van der Waals surface area contributed by atoms with Crippen molar-refractivity contribution < 1.29 is 14.2 Å². The molecule has 0 saturated heterocycles. The van der Waals surface area contributed by atoms with Gasteiger partial charge in [-0.3, -0.25) is 4.90 Å². The number of halogens is 1. The summed E-state index contributed by atoms with van der Waals surface area (Å²) in [6.07, 6.45) is 1.42. The highest BCUT2D eigenvalue weighted by atomic mass is 32.1. The minimum absolute atomic E-state index is 0.102. The Balaban J connectivity index is 1.57. The molecule has 3 rings (SSSR count). The van der Waals surface area contributed by atoms with E-state index in [1.807, 2.05) is 11.3 Å². The molecule has 2 unspecified atom stereocenters. The van der Waals surface area contributed by atoms with Crippen LogP contribution in [0.1, 0.15) is 29.8 Å². The first-order chi connectivity index (χ1) is 11.2. The second-order valence-electron chi connectivity index (χ2n) is 5.86. The number of thiophene rings is 1. The van der Waals surface area contributed by atoms with E-state index in [9.17, 15) is 9.50 Å². The highest BCUT2D eigenvalue weighted by molar-refractivity contribution is 7.10. The molecule has 0 bridgehead atoms. The van der Waals surface area contributed by atoms with Gasteiger partial charge in [-0.1, -0.05) is 19.1 Å². The van der Waals surface area contributed by atoms with E-state index in [2.05, 4.69) is 23.3 Å². The zero-order valence-electron chi connectivity index (χ0n) is 13.2. The van der Waals surface area contributed by atoms with Crippen LogP contribution in [-0.2, 0) is 6.42 Å². The lowest BCUT2D eigenvalue weighted by molar-refractivity contribution is 0.0469. The third-order valence-electron chi connectivity index (χ3n) is 4.31. The van der Waals surface area contributed by atoms with Crippen molar-refractivity contribution in [2.45, 2.75) is 31.9 Å². The maximum Gasteiger partial charge on any atom is 0.165 e. The molecule has 124 valence electrons. The van der Waals surface area contributed by atoms with Crippen molar-refractivity contribution in [3.05, 3.63) is 52.0 Å². The molecule has 2 heterocycles. The lowest BCUT2D eigenvalue weighted by atomic mass is 9.97. The second kappa shape index (κ2) is 7.43. The molecule has 0 spiro atoms. The van der Waals surface area contributed by atoms with Gasteiger partial charge in [-0.05, 0) is 42.0 Å². The van der Waals surface area contributed by atoms with Gasteiger partial charge in [-0.25, -0.2) is 4.39 Å². The van der Waals surface area contributed by atoms with Crippen LogP contribution in [0.2, 0.25) is 0 Å². The van der Waals surface area contributed by atoms with Gasteiger partial charge in [0, 0.05) is 24.0 Å². The standard InChI is InChI=1S/C18H22FNO2S/c1-2-16-14-8-10-23-18(14)7-9-20(16)11-13(21)12-22-17-6-4-3-5-15(17)19/h3-6,8,10,13,16,21H,2,7,9,11-12H2,1H3. The average Bonchev–Trinajstić information content (AvgIpc) is 3.02. The minimum Gasteiger partial charge on any atom is -0.488 e. The summed E-state index contributed by atoms with van der Waals surface area (Å²) in [6, 6.07) is 8.83. The maximum absolute atomic E-state index is 13.5. The van der Waals surface area contributed by atoms with Crippen molar-refractivity contribution in [1.29, 1.82) is 0 Å². The zero-order valence-corrected chi connectivity index (χ0v) is 14.1. The van der Waals surface area contributed by atoms with Crippen molar-refractivity contribution in [2.75, 3.05) is 19.7 Å². The predicted molar refractivity (Wildman–Crippen MR) is 90.5 cm³/mol. The van der Waals surface area contributed by atoms with Crippen LogP contribution in [-0.4, -0.2) is 35.8 Å². The molecule has 0 radical (unpaired) electrons. The zero-order chi connectivity index (χ0) is 16.2. The Hall–Kier alpha value is -1.43. The highest BCUT2D eigenvalue weighted by Crippen LogP contribution is 2.35. The average molecular weight is 335 g/mol. The third kappa shape index (κ3) is 3.74. The van der Waals surface area contributed by atoms with Crippen molar-refractivity contribution in [1.82, 2.24) is 4.90 Å². The number of fused-ring (bicyclic) bond motifs is 1. The van der Waals surface area contributed by atoms with E-state index in [4.69, 9.17) is 4.74 Å². The molecule has 0 fully saturated rings. The Labute approximate surface area is 140 Å². The third-order valence-corrected chi connectivity index (χ3v) is 5.30. The Morgan fingerprint density at radius 3 is 3.00 bits per heavy atom.